The number of hydrogen-bond donors (Lipinski definition) is 0. The van der Waals surface area contributed by atoms with E-state index < -0.39 is 0 Å². The Kier molecular flexibility index (Phi) is 4.50. The van der Waals surface area contributed by atoms with Crippen molar-refractivity contribution >= 4 is 11.8 Å². The Balaban J connectivity index is 1.43. The predicted octanol–water partition coefficient (Wildman–Crippen LogP) is 2.28. The van der Waals surface area contributed by atoms with E-state index in [0.29, 0.717) is 37.6 Å². The molecular formula is C20H20N4O3. The van der Waals surface area contributed by atoms with Crippen LogP contribution in [0.25, 0.3) is 11.3 Å². The summed E-state index contributed by atoms with van der Waals surface area (Å²) in [7, 11) is 1.83. The molecule has 0 radical (unpaired) electrons. The highest BCUT2D eigenvalue weighted by molar-refractivity contribution is 5.94. The van der Waals surface area contributed by atoms with Gasteiger partial charge in [0.05, 0.1) is 12.0 Å². The zero-order valence-electron chi connectivity index (χ0n) is 15.0. The topological polar surface area (TPSA) is 71.6 Å². The Labute approximate surface area is 156 Å². The molecule has 1 aromatic carbocycles. The van der Waals surface area contributed by atoms with Crippen LogP contribution < -0.4 is 0 Å². The summed E-state index contributed by atoms with van der Waals surface area (Å²) in [5.41, 5.74) is 2.33. The highest BCUT2D eigenvalue weighted by Gasteiger charge is 2.28. The zero-order valence-corrected chi connectivity index (χ0v) is 15.0. The number of aryl methyl sites for hydroxylation is 1. The van der Waals surface area contributed by atoms with Gasteiger partial charge in [0, 0.05) is 33.2 Å². The molecule has 1 fully saturated rings. The van der Waals surface area contributed by atoms with Gasteiger partial charge in [-0.3, -0.25) is 14.3 Å². The number of furan rings is 1. The van der Waals surface area contributed by atoms with Crippen LogP contribution in [0.1, 0.15) is 21.0 Å². The molecule has 3 aromatic rings. The first-order chi connectivity index (χ1) is 13.1. The second-order valence-electron chi connectivity index (χ2n) is 6.47. The monoisotopic (exact) mass is 364 g/mol. The number of carbonyl (C=O) groups is 2. The Morgan fingerprint density at radius 1 is 0.926 bits per heavy atom. The summed E-state index contributed by atoms with van der Waals surface area (Å²) in [6, 6.07) is 15.0. The molecular weight excluding hydrogens is 344 g/mol. The molecule has 7 nitrogen and oxygen atoms in total. The van der Waals surface area contributed by atoms with Crippen LogP contribution in [-0.2, 0) is 7.05 Å². The number of rotatable bonds is 3. The molecule has 2 aromatic heterocycles. The molecule has 1 saturated heterocycles. The lowest BCUT2D eigenvalue weighted by Gasteiger charge is -2.33. The Morgan fingerprint density at radius 2 is 1.59 bits per heavy atom. The van der Waals surface area contributed by atoms with E-state index in [0.717, 1.165) is 11.3 Å². The summed E-state index contributed by atoms with van der Waals surface area (Å²) in [6.45, 7) is 1.90. The molecule has 0 saturated carbocycles. The molecule has 1 aliphatic rings. The van der Waals surface area contributed by atoms with Crippen LogP contribution in [0.5, 0.6) is 0 Å². The maximum atomic E-state index is 12.8. The number of hydrogen-bond acceptors (Lipinski definition) is 4. The van der Waals surface area contributed by atoms with Gasteiger partial charge in [-0.2, -0.15) is 5.10 Å². The minimum atomic E-state index is -0.142. The molecule has 27 heavy (non-hydrogen) atoms. The molecule has 4 rings (SSSR count). The Morgan fingerprint density at radius 3 is 2.22 bits per heavy atom. The largest absolute Gasteiger partial charge is 0.459 e. The van der Waals surface area contributed by atoms with E-state index in [2.05, 4.69) is 5.10 Å². The van der Waals surface area contributed by atoms with Gasteiger partial charge in [-0.15, -0.1) is 0 Å². The standard InChI is InChI=1S/C20H20N4O3/c1-22-17(15-6-3-2-4-7-15)14-16(21-22)19(25)23-9-11-24(12-10-23)20(26)18-8-5-13-27-18/h2-8,13-14H,9-12H2,1H3. The zero-order chi connectivity index (χ0) is 18.8. The van der Waals surface area contributed by atoms with Gasteiger partial charge >= 0.3 is 0 Å². The fraction of sp³-hybridized carbons (Fsp3) is 0.250. The third-order valence-electron chi connectivity index (χ3n) is 4.75. The number of aromatic nitrogens is 2. The molecule has 0 spiro atoms. The molecule has 2 amide bonds. The second kappa shape index (κ2) is 7.11. The molecule has 3 heterocycles. The van der Waals surface area contributed by atoms with Crippen molar-refractivity contribution in [2.45, 2.75) is 0 Å². The number of benzene rings is 1. The quantitative estimate of drug-likeness (QED) is 0.715. The average molecular weight is 364 g/mol. The van der Waals surface area contributed by atoms with Crippen molar-refractivity contribution < 1.29 is 14.0 Å². The lowest BCUT2D eigenvalue weighted by Crippen LogP contribution is -2.50. The van der Waals surface area contributed by atoms with E-state index in [-0.39, 0.29) is 11.8 Å². The molecule has 0 aliphatic carbocycles. The fourth-order valence-electron chi connectivity index (χ4n) is 3.28. The van der Waals surface area contributed by atoms with Gasteiger partial charge in [0.25, 0.3) is 11.8 Å². The van der Waals surface area contributed by atoms with Crippen LogP contribution in [-0.4, -0.2) is 57.6 Å². The van der Waals surface area contributed by atoms with Crippen molar-refractivity contribution in [3.05, 3.63) is 66.2 Å². The molecule has 0 unspecified atom stereocenters. The number of carbonyl (C=O) groups excluding carboxylic acids is 2. The summed E-state index contributed by atoms with van der Waals surface area (Å²) >= 11 is 0. The molecule has 0 atom stereocenters. The Hall–Kier alpha value is -3.35. The van der Waals surface area contributed by atoms with Crippen LogP contribution in [0.2, 0.25) is 0 Å². The van der Waals surface area contributed by atoms with Gasteiger partial charge in [0.15, 0.2) is 11.5 Å². The minimum absolute atomic E-state index is 0.113. The lowest BCUT2D eigenvalue weighted by atomic mass is 10.1. The summed E-state index contributed by atoms with van der Waals surface area (Å²) in [6.07, 6.45) is 1.48. The van der Waals surface area contributed by atoms with Crippen molar-refractivity contribution in [2.24, 2.45) is 7.05 Å². The van der Waals surface area contributed by atoms with E-state index in [9.17, 15) is 9.59 Å². The summed E-state index contributed by atoms with van der Waals surface area (Å²) < 4.78 is 6.89. The van der Waals surface area contributed by atoms with Crippen LogP contribution >= 0.6 is 0 Å². The summed E-state index contributed by atoms with van der Waals surface area (Å²) in [5, 5.41) is 4.39. The highest BCUT2D eigenvalue weighted by Crippen LogP contribution is 2.20. The van der Waals surface area contributed by atoms with Gasteiger partial charge in [0.1, 0.15) is 0 Å². The first-order valence-electron chi connectivity index (χ1n) is 8.85. The first kappa shape index (κ1) is 17.1. The van der Waals surface area contributed by atoms with E-state index in [1.54, 1.807) is 26.6 Å². The van der Waals surface area contributed by atoms with Crippen molar-refractivity contribution in [2.75, 3.05) is 26.2 Å². The highest BCUT2D eigenvalue weighted by atomic mass is 16.3. The molecule has 0 N–H and O–H groups in total. The van der Waals surface area contributed by atoms with Crippen molar-refractivity contribution in [3.8, 4) is 11.3 Å². The fourth-order valence-corrected chi connectivity index (χ4v) is 3.28. The third-order valence-corrected chi connectivity index (χ3v) is 4.75. The van der Waals surface area contributed by atoms with Gasteiger partial charge in [-0.25, -0.2) is 0 Å². The van der Waals surface area contributed by atoms with E-state index in [1.807, 2.05) is 43.4 Å². The molecule has 7 heteroatoms. The van der Waals surface area contributed by atoms with Gasteiger partial charge in [-0.05, 0) is 23.8 Å². The smallest absolute Gasteiger partial charge is 0.289 e. The SMILES string of the molecule is Cn1nc(C(=O)N2CCN(C(=O)c3ccco3)CC2)cc1-c1ccccc1. The third kappa shape index (κ3) is 3.36. The van der Waals surface area contributed by atoms with Crippen molar-refractivity contribution in [1.82, 2.24) is 19.6 Å². The van der Waals surface area contributed by atoms with Crippen LogP contribution in [0.4, 0.5) is 0 Å². The number of nitrogens with zero attached hydrogens (tertiary/aromatic N) is 4. The second-order valence-corrected chi connectivity index (χ2v) is 6.47. The van der Waals surface area contributed by atoms with E-state index in [1.165, 1.54) is 6.26 Å². The van der Waals surface area contributed by atoms with Gasteiger partial charge < -0.3 is 14.2 Å². The first-order valence-corrected chi connectivity index (χ1v) is 8.85. The van der Waals surface area contributed by atoms with Crippen LogP contribution in [0.3, 0.4) is 0 Å². The summed E-state index contributed by atoms with van der Waals surface area (Å²) in [4.78, 5) is 28.6. The minimum Gasteiger partial charge on any atom is -0.459 e. The van der Waals surface area contributed by atoms with Crippen molar-refractivity contribution in [1.29, 1.82) is 0 Å². The lowest BCUT2D eigenvalue weighted by molar-refractivity contribution is 0.0515. The number of amides is 2. The van der Waals surface area contributed by atoms with E-state index in [4.69, 9.17) is 4.42 Å². The Bertz CT molecular complexity index is 939. The number of piperazine rings is 1. The molecule has 1 aliphatic heterocycles. The maximum absolute atomic E-state index is 12.8. The van der Waals surface area contributed by atoms with Gasteiger partial charge in [-0.1, -0.05) is 30.3 Å². The predicted molar refractivity (Wildman–Crippen MR) is 99.2 cm³/mol. The van der Waals surface area contributed by atoms with Crippen molar-refractivity contribution in [3.63, 3.8) is 0 Å². The molecule has 138 valence electrons. The van der Waals surface area contributed by atoms with Gasteiger partial charge in [0.2, 0.25) is 0 Å². The maximum Gasteiger partial charge on any atom is 0.289 e. The normalized spacial score (nSPS) is 14.4. The summed E-state index contributed by atoms with van der Waals surface area (Å²) in [5.74, 6) is 0.0705. The average Bonchev–Trinajstić information content (AvgIpc) is 3.38. The van der Waals surface area contributed by atoms with E-state index >= 15 is 0 Å². The molecule has 0 bridgehead atoms. The van der Waals surface area contributed by atoms with Crippen LogP contribution in [0, 0.1) is 0 Å². The van der Waals surface area contributed by atoms with Crippen LogP contribution in [0.15, 0.2) is 59.2 Å².